The summed E-state index contributed by atoms with van der Waals surface area (Å²) in [5.41, 5.74) is 4.76. The van der Waals surface area contributed by atoms with Gasteiger partial charge in [0.15, 0.2) is 0 Å². The van der Waals surface area contributed by atoms with Crippen LogP contribution >= 0.6 is 11.6 Å². The summed E-state index contributed by atoms with van der Waals surface area (Å²) in [5, 5.41) is 4.57. The zero-order chi connectivity index (χ0) is 16.4. The monoisotopic (exact) mass is 327 g/mol. The van der Waals surface area contributed by atoms with Crippen molar-refractivity contribution in [2.75, 3.05) is 6.54 Å². The van der Waals surface area contributed by atoms with Gasteiger partial charge in [0.1, 0.15) is 0 Å². The fourth-order valence-corrected chi connectivity index (χ4v) is 3.04. The highest BCUT2D eigenvalue weighted by atomic mass is 35.5. The number of aromatic amines is 1. The first-order chi connectivity index (χ1) is 11.1. The molecule has 0 aliphatic heterocycles. The van der Waals surface area contributed by atoms with E-state index in [0.717, 1.165) is 17.6 Å². The molecule has 0 unspecified atom stereocenters. The Hall–Kier alpha value is -2.33. The third kappa shape index (κ3) is 3.22. The van der Waals surface area contributed by atoms with Gasteiger partial charge in [-0.1, -0.05) is 23.7 Å². The lowest BCUT2D eigenvalue weighted by Crippen LogP contribution is -2.26. The van der Waals surface area contributed by atoms with E-state index < -0.39 is 0 Å². The molecular weight excluding hydrogens is 310 g/mol. The van der Waals surface area contributed by atoms with Crippen LogP contribution in [0.5, 0.6) is 0 Å². The Morgan fingerprint density at radius 3 is 2.96 bits per heavy atom. The van der Waals surface area contributed by atoms with Gasteiger partial charge < -0.3 is 10.3 Å². The summed E-state index contributed by atoms with van der Waals surface area (Å²) in [5.74, 6) is -0.195. The van der Waals surface area contributed by atoms with Crippen molar-refractivity contribution in [3.63, 3.8) is 0 Å². The zero-order valence-electron chi connectivity index (χ0n) is 13.1. The molecule has 1 amide bonds. The van der Waals surface area contributed by atoms with Crippen molar-refractivity contribution < 1.29 is 4.79 Å². The molecule has 3 rings (SSSR count). The minimum absolute atomic E-state index is 0.195. The second kappa shape index (κ2) is 6.42. The van der Waals surface area contributed by atoms with Crippen LogP contribution in [0.1, 0.15) is 27.2 Å². The Kier molecular flexibility index (Phi) is 4.35. The van der Waals surface area contributed by atoms with Crippen molar-refractivity contribution >= 4 is 28.4 Å². The van der Waals surface area contributed by atoms with Crippen molar-refractivity contribution in [1.29, 1.82) is 0 Å². The Balaban J connectivity index is 1.68. The molecule has 5 heteroatoms. The molecule has 0 saturated carbocycles. The van der Waals surface area contributed by atoms with Crippen LogP contribution in [0.25, 0.3) is 10.9 Å². The summed E-state index contributed by atoms with van der Waals surface area (Å²) in [4.78, 5) is 19.6. The van der Waals surface area contributed by atoms with E-state index in [1.807, 2.05) is 19.2 Å². The topological polar surface area (TPSA) is 57.8 Å². The fourth-order valence-electron chi connectivity index (χ4n) is 2.75. The number of aromatic nitrogens is 2. The molecule has 2 N–H and O–H groups in total. The van der Waals surface area contributed by atoms with Gasteiger partial charge in [-0.3, -0.25) is 9.78 Å². The molecule has 0 aliphatic rings. The van der Waals surface area contributed by atoms with Crippen LogP contribution in [0, 0.1) is 13.8 Å². The standard InChI is InChI=1S/C18H18ClN3O/c1-11-4-3-5-16-17(11)13(9-22-16)6-7-20-18(23)14-10-21-12(2)8-15(14)19/h3-5,8-10,22H,6-7H2,1-2H3,(H,20,23). The van der Waals surface area contributed by atoms with Gasteiger partial charge in [-0.15, -0.1) is 0 Å². The van der Waals surface area contributed by atoms with Crippen molar-refractivity contribution in [3.8, 4) is 0 Å². The molecule has 3 aromatic rings. The minimum atomic E-state index is -0.195. The normalized spacial score (nSPS) is 10.9. The average Bonchev–Trinajstić information content (AvgIpc) is 2.92. The molecular formula is C18H18ClN3O. The summed E-state index contributed by atoms with van der Waals surface area (Å²) in [6.45, 7) is 4.48. The lowest BCUT2D eigenvalue weighted by molar-refractivity contribution is 0.0954. The number of H-pyrrole nitrogens is 1. The highest BCUT2D eigenvalue weighted by Crippen LogP contribution is 2.22. The zero-order valence-corrected chi connectivity index (χ0v) is 13.9. The number of hydrogen-bond donors (Lipinski definition) is 2. The second-order valence-electron chi connectivity index (χ2n) is 5.62. The van der Waals surface area contributed by atoms with Gasteiger partial charge >= 0.3 is 0 Å². The molecule has 0 radical (unpaired) electrons. The molecule has 0 fully saturated rings. The lowest BCUT2D eigenvalue weighted by atomic mass is 10.1. The number of nitrogens with one attached hydrogen (secondary N) is 2. The summed E-state index contributed by atoms with van der Waals surface area (Å²) in [6, 6.07) is 7.88. The number of fused-ring (bicyclic) bond motifs is 1. The highest BCUT2D eigenvalue weighted by Gasteiger charge is 2.11. The maximum Gasteiger partial charge on any atom is 0.254 e. The van der Waals surface area contributed by atoms with Gasteiger partial charge in [0.2, 0.25) is 0 Å². The smallest absolute Gasteiger partial charge is 0.254 e. The van der Waals surface area contributed by atoms with Gasteiger partial charge in [-0.2, -0.15) is 0 Å². The molecule has 23 heavy (non-hydrogen) atoms. The lowest BCUT2D eigenvalue weighted by Gasteiger charge is -2.07. The number of pyridine rings is 1. The molecule has 118 valence electrons. The van der Waals surface area contributed by atoms with E-state index in [0.29, 0.717) is 17.1 Å². The molecule has 0 aliphatic carbocycles. The predicted octanol–water partition coefficient (Wildman–Crippen LogP) is 3.81. The first-order valence-electron chi connectivity index (χ1n) is 7.52. The van der Waals surface area contributed by atoms with E-state index in [2.05, 4.69) is 34.3 Å². The summed E-state index contributed by atoms with van der Waals surface area (Å²) in [7, 11) is 0. The molecule has 1 aromatic carbocycles. The number of halogens is 1. The van der Waals surface area contributed by atoms with E-state index in [1.54, 1.807) is 6.07 Å². The number of hydrogen-bond acceptors (Lipinski definition) is 2. The van der Waals surface area contributed by atoms with Crippen LogP contribution in [0.4, 0.5) is 0 Å². The van der Waals surface area contributed by atoms with Crippen LogP contribution < -0.4 is 5.32 Å². The SMILES string of the molecule is Cc1cc(Cl)c(C(=O)NCCc2c[nH]c3cccc(C)c23)cn1. The van der Waals surface area contributed by atoms with Gasteiger partial charge in [0.25, 0.3) is 5.91 Å². The van der Waals surface area contributed by atoms with E-state index >= 15 is 0 Å². The van der Waals surface area contributed by atoms with Crippen molar-refractivity contribution in [2.24, 2.45) is 0 Å². The van der Waals surface area contributed by atoms with Gasteiger partial charge in [0.05, 0.1) is 10.6 Å². The second-order valence-corrected chi connectivity index (χ2v) is 6.03. The molecule has 2 heterocycles. The number of carbonyl (C=O) groups excluding carboxylic acids is 1. The largest absolute Gasteiger partial charge is 0.361 e. The number of benzene rings is 1. The Morgan fingerprint density at radius 1 is 1.35 bits per heavy atom. The van der Waals surface area contributed by atoms with Gasteiger partial charge in [0, 0.05) is 35.5 Å². The molecule has 4 nitrogen and oxygen atoms in total. The van der Waals surface area contributed by atoms with Crippen molar-refractivity contribution in [2.45, 2.75) is 20.3 Å². The number of amides is 1. The maximum absolute atomic E-state index is 12.2. The van der Waals surface area contributed by atoms with E-state index in [4.69, 9.17) is 11.6 Å². The van der Waals surface area contributed by atoms with Crippen molar-refractivity contribution in [3.05, 3.63) is 64.1 Å². The number of rotatable bonds is 4. The Labute approximate surface area is 139 Å². The third-order valence-corrected chi connectivity index (χ3v) is 4.22. The third-order valence-electron chi connectivity index (χ3n) is 3.91. The quantitative estimate of drug-likeness (QED) is 0.765. The summed E-state index contributed by atoms with van der Waals surface area (Å²) >= 11 is 6.10. The Bertz CT molecular complexity index is 870. The molecule has 0 saturated heterocycles. The maximum atomic E-state index is 12.2. The number of nitrogens with zero attached hydrogens (tertiary/aromatic N) is 1. The average molecular weight is 328 g/mol. The van der Waals surface area contributed by atoms with Gasteiger partial charge in [-0.25, -0.2) is 0 Å². The van der Waals surface area contributed by atoms with Crippen LogP contribution in [-0.2, 0) is 6.42 Å². The van der Waals surface area contributed by atoms with Crippen LogP contribution in [-0.4, -0.2) is 22.4 Å². The Morgan fingerprint density at radius 2 is 2.17 bits per heavy atom. The molecule has 0 spiro atoms. The summed E-state index contributed by atoms with van der Waals surface area (Å²) in [6.07, 6.45) is 4.28. The van der Waals surface area contributed by atoms with E-state index in [9.17, 15) is 4.79 Å². The predicted molar refractivity (Wildman–Crippen MR) is 93.1 cm³/mol. The highest BCUT2D eigenvalue weighted by molar-refractivity contribution is 6.33. The number of carbonyl (C=O) groups is 1. The first-order valence-corrected chi connectivity index (χ1v) is 7.90. The summed E-state index contributed by atoms with van der Waals surface area (Å²) < 4.78 is 0. The molecule has 2 aromatic heterocycles. The van der Waals surface area contributed by atoms with Gasteiger partial charge in [-0.05, 0) is 43.5 Å². The van der Waals surface area contributed by atoms with Crippen LogP contribution in [0.3, 0.4) is 0 Å². The fraction of sp³-hybridized carbons (Fsp3) is 0.222. The van der Waals surface area contributed by atoms with Crippen LogP contribution in [0.15, 0.2) is 36.7 Å². The first kappa shape index (κ1) is 15.6. The number of aryl methyl sites for hydroxylation is 2. The molecule has 0 bridgehead atoms. The van der Waals surface area contributed by atoms with E-state index in [1.165, 1.54) is 22.7 Å². The van der Waals surface area contributed by atoms with Crippen LogP contribution in [0.2, 0.25) is 5.02 Å². The molecule has 0 atom stereocenters. The van der Waals surface area contributed by atoms with Crippen molar-refractivity contribution in [1.82, 2.24) is 15.3 Å². The minimum Gasteiger partial charge on any atom is -0.361 e. The van der Waals surface area contributed by atoms with E-state index in [-0.39, 0.29) is 5.91 Å².